The van der Waals surface area contributed by atoms with E-state index in [0.717, 1.165) is 44.5 Å². The van der Waals surface area contributed by atoms with Crippen LogP contribution in [0.2, 0.25) is 0 Å². The molecular formula is C22H31NO2. The fourth-order valence-corrected chi connectivity index (χ4v) is 2.64. The first-order chi connectivity index (χ1) is 12.0. The summed E-state index contributed by atoms with van der Waals surface area (Å²) in [6, 6.07) is 18.8. The Balaban J connectivity index is 1.66. The molecule has 0 fully saturated rings. The summed E-state index contributed by atoms with van der Waals surface area (Å²) in [4.78, 5) is 0. The van der Waals surface area contributed by atoms with Gasteiger partial charge in [-0.1, -0.05) is 42.5 Å². The Morgan fingerprint density at radius 3 is 2.24 bits per heavy atom. The van der Waals surface area contributed by atoms with Crippen LogP contribution in [0.25, 0.3) is 0 Å². The van der Waals surface area contributed by atoms with Crippen molar-refractivity contribution < 1.29 is 9.84 Å². The Bertz CT molecular complexity index is 606. The monoisotopic (exact) mass is 341 g/mol. The Kier molecular flexibility index (Phi) is 7.48. The van der Waals surface area contributed by atoms with Crippen LogP contribution in [0.15, 0.2) is 54.6 Å². The summed E-state index contributed by atoms with van der Waals surface area (Å²) in [6.45, 7) is 4.38. The lowest BCUT2D eigenvalue weighted by molar-refractivity contribution is 0.106. The first kappa shape index (κ1) is 19.5. The minimum Gasteiger partial charge on any atom is -0.494 e. The van der Waals surface area contributed by atoms with Gasteiger partial charge in [0.15, 0.2) is 0 Å². The van der Waals surface area contributed by atoms with Crippen molar-refractivity contribution in [1.82, 2.24) is 0 Å². The summed E-state index contributed by atoms with van der Waals surface area (Å²) in [7, 11) is 0. The maximum absolute atomic E-state index is 9.67. The molecule has 3 heteroatoms. The van der Waals surface area contributed by atoms with Crippen LogP contribution in [0, 0.1) is 0 Å². The highest BCUT2D eigenvalue weighted by molar-refractivity contribution is 5.27. The lowest BCUT2D eigenvalue weighted by Gasteiger charge is -2.27. The van der Waals surface area contributed by atoms with Crippen molar-refractivity contribution in [3.63, 3.8) is 0 Å². The molecule has 0 aromatic heterocycles. The van der Waals surface area contributed by atoms with E-state index in [-0.39, 0.29) is 0 Å². The molecule has 2 atom stereocenters. The molecule has 0 heterocycles. The molecule has 3 nitrogen and oxygen atoms in total. The van der Waals surface area contributed by atoms with Crippen LogP contribution < -0.4 is 10.5 Å². The van der Waals surface area contributed by atoms with E-state index in [1.807, 2.05) is 19.1 Å². The fourth-order valence-electron chi connectivity index (χ4n) is 2.64. The van der Waals surface area contributed by atoms with Crippen molar-refractivity contribution >= 4 is 0 Å². The van der Waals surface area contributed by atoms with Gasteiger partial charge >= 0.3 is 0 Å². The lowest BCUT2D eigenvalue weighted by atomic mass is 9.90. The summed E-state index contributed by atoms with van der Waals surface area (Å²) in [5.41, 5.74) is 8.15. The average Bonchev–Trinajstić information content (AvgIpc) is 2.61. The molecule has 0 aliphatic carbocycles. The minimum atomic E-state index is -0.548. The summed E-state index contributed by atoms with van der Waals surface area (Å²) in [6.07, 6.45) is 4.39. The molecule has 0 saturated carbocycles. The number of hydrogen-bond acceptors (Lipinski definition) is 3. The molecule has 2 unspecified atom stereocenters. The van der Waals surface area contributed by atoms with E-state index in [9.17, 15) is 5.11 Å². The molecule has 2 aromatic carbocycles. The van der Waals surface area contributed by atoms with Gasteiger partial charge in [0.25, 0.3) is 0 Å². The van der Waals surface area contributed by atoms with Crippen LogP contribution in [0.5, 0.6) is 5.75 Å². The average molecular weight is 341 g/mol. The van der Waals surface area contributed by atoms with E-state index < -0.39 is 11.6 Å². The number of aryl methyl sites for hydroxylation is 2. The Morgan fingerprint density at radius 1 is 0.960 bits per heavy atom. The molecule has 0 aliphatic rings. The second kappa shape index (κ2) is 9.59. The number of unbranched alkanes of at least 4 members (excludes halogenated alkanes) is 1. The number of rotatable bonds is 10. The first-order valence-electron chi connectivity index (χ1n) is 9.20. The second-order valence-corrected chi connectivity index (χ2v) is 7.12. The van der Waals surface area contributed by atoms with Crippen molar-refractivity contribution in [2.45, 2.75) is 57.6 Å². The molecular weight excluding hydrogens is 310 g/mol. The van der Waals surface area contributed by atoms with E-state index in [1.165, 1.54) is 11.1 Å². The van der Waals surface area contributed by atoms with Gasteiger partial charge in [0.1, 0.15) is 5.75 Å². The summed E-state index contributed by atoms with van der Waals surface area (Å²) >= 11 is 0. The van der Waals surface area contributed by atoms with Gasteiger partial charge in [-0.15, -0.1) is 0 Å². The summed E-state index contributed by atoms with van der Waals surface area (Å²) < 4.78 is 5.82. The quantitative estimate of drug-likeness (QED) is 0.639. The summed E-state index contributed by atoms with van der Waals surface area (Å²) in [5, 5.41) is 9.67. The highest BCUT2D eigenvalue weighted by Gasteiger charge is 2.24. The van der Waals surface area contributed by atoms with Gasteiger partial charge in [0, 0.05) is 5.54 Å². The zero-order chi connectivity index (χ0) is 18.1. The molecule has 0 amide bonds. The maximum Gasteiger partial charge on any atom is 0.119 e. The van der Waals surface area contributed by atoms with Crippen molar-refractivity contribution in [1.29, 1.82) is 0 Å². The number of benzene rings is 2. The van der Waals surface area contributed by atoms with Gasteiger partial charge in [-0.3, -0.25) is 0 Å². The fraction of sp³-hybridized carbons (Fsp3) is 0.455. The van der Waals surface area contributed by atoms with E-state index in [2.05, 4.69) is 42.5 Å². The predicted molar refractivity (Wildman–Crippen MR) is 104 cm³/mol. The highest BCUT2D eigenvalue weighted by atomic mass is 16.5. The van der Waals surface area contributed by atoms with Gasteiger partial charge in [0.2, 0.25) is 0 Å². The zero-order valence-corrected chi connectivity index (χ0v) is 15.4. The SMILES string of the molecule is CC(O)C(C)(N)CCc1ccc(OCCCCc2ccccc2)cc1. The van der Waals surface area contributed by atoms with Crippen molar-refractivity contribution in [3.05, 3.63) is 65.7 Å². The van der Waals surface area contributed by atoms with Gasteiger partial charge in [0.05, 0.1) is 12.7 Å². The number of aliphatic hydroxyl groups excluding tert-OH is 1. The van der Waals surface area contributed by atoms with Crippen molar-refractivity contribution in [3.8, 4) is 5.75 Å². The molecule has 136 valence electrons. The topological polar surface area (TPSA) is 55.5 Å². The number of nitrogens with two attached hydrogens (primary N) is 1. The van der Waals surface area contributed by atoms with Gasteiger partial charge in [-0.05, 0) is 69.2 Å². The molecule has 0 spiro atoms. The number of aliphatic hydroxyl groups is 1. The van der Waals surface area contributed by atoms with Gasteiger partial charge in [-0.25, -0.2) is 0 Å². The summed E-state index contributed by atoms with van der Waals surface area (Å²) in [5.74, 6) is 0.912. The number of ether oxygens (including phenoxy) is 1. The van der Waals surface area contributed by atoms with E-state index in [0.29, 0.717) is 0 Å². The Labute approximate surface area is 151 Å². The van der Waals surface area contributed by atoms with Crippen LogP contribution in [-0.4, -0.2) is 23.4 Å². The van der Waals surface area contributed by atoms with Crippen molar-refractivity contribution in [2.24, 2.45) is 5.73 Å². The first-order valence-corrected chi connectivity index (χ1v) is 9.20. The van der Waals surface area contributed by atoms with E-state index in [4.69, 9.17) is 10.5 Å². The largest absolute Gasteiger partial charge is 0.494 e. The smallest absolute Gasteiger partial charge is 0.119 e. The molecule has 2 rings (SSSR count). The molecule has 0 bridgehead atoms. The number of hydrogen-bond donors (Lipinski definition) is 2. The van der Waals surface area contributed by atoms with Crippen LogP contribution >= 0.6 is 0 Å². The van der Waals surface area contributed by atoms with Crippen molar-refractivity contribution in [2.75, 3.05) is 6.61 Å². The third kappa shape index (κ3) is 6.89. The second-order valence-electron chi connectivity index (χ2n) is 7.12. The minimum absolute atomic E-state index is 0.508. The Morgan fingerprint density at radius 2 is 1.60 bits per heavy atom. The predicted octanol–water partition coefficient (Wildman–Crippen LogP) is 4.12. The van der Waals surface area contributed by atoms with Gasteiger partial charge in [-0.2, -0.15) is 0 Å². The third-order valence-electron chi connectivity index (χ3n) is 4.80. The maximum atomic E-state index is 9.67. The molecule has 3 N–H and O–H groups in total. The van der Waals surface area contributed by atoms with Crippen LogP contribution in [0.4, 0.5) is 0 Å². The van der Waals surface area contributed by atoms with Crippen LogP contribution in [-0.2, 0) is 12.8 Å². The Hall–Kier alpha value is -1.84. The van der Waals surface area contributed by atoms with E-state index in [1.54, 1.807) is 6.92 Å². The van der Waals surface area contributed by atoms with E-state index >= 15 is 0 Å². The van der Waals surface area contributed by atoms with Crippen LogP contribution in [0.3, 0.4) is 0 Å². The standard InChI is InChI=1S/C22H31NO2/c1-18(24)22(2,23)16-15-20-11-13-21(14-12-20)25-17-7-6-10-19-8-4-3-5-9-19/h3-5,8-9,11-14,18,24H,6-7,10,15-17,23H2,1-2H3. The molecule has 0 aliphatic heterocycles. The zero-order valence-electron chi connectivity index (χ0n) is 15.4. The molecule has 0 saturated heterocycles. The third-order valence-corrected chi connectivity index (χ3v) is 4.80. The molecule has 25 heavy (non-hydrogen) atoms. The van der Waals surface area contributed by atoms with Gasteiger partial charge < -0.3 is 15.6 Å². The molecule has 0 radical (unpaired) electrons. The lowest BCUT2D eigenvalue weighted by Crippen LogP contribution is -2.46. The normalized spacial score (nSPS) is 14.7. The molecule has 2 aromatic rings. The highest BCUT2D eigenvalue weighted by Crippen LogP contribution is 2.18. The van der Waals surface area contributed by atoms with Crippen LogP contribution in [0.1, 0.15) is 44.2 Å².